The molecule has 0 aromatic carbocycles. The number of anilines is 1. The fraction of sp³-hybridized carbons (Fsp3) is 0.100. The number of nitrogens with two attached hydrogens (primary N) is 2. The largest absolute Gasteiger partial charge is 0.383 e. The van der Waals surface area contributed by atoms with Crippen molar-refractivity contribution in [3.05, 3.63) is 46.3 Å². The van der Waals surface area contributed by atoms with E-state index in [0.29, 0.717) is 5.82 Å². The van der Waals surface area contributed by atoms with Gasteiger partial charge < -0.3 is 11.5 Å². The molecule has 2 rings (SSSR count). The number of hydrogen-bond acceptors (Lipinski definition) is 4. The SMILES string of the molecule is Cl.Nc1ncccc1[C@H](N)c1ccsc1. The van der Waals surface area contributed by atoms with Crippen molar-refractivity contribution in [2.24, 2.45) is 5.73 Å². The third-order valence-corrected chi connectivity index (χ3v) is 2.81. The van der Waals surface area contributed by atoms with Gasteiger partial charge in [0.25, 0.3) is 0 Å². The number of nitrogens with zero attached hydrogens (tertiary/aromatic N) is 1. The van der Waals surface area contributed by atoms with Crippen molar-refractivity contribution < 1.29 is 0 Å². The quantitative estimate of drug-likeness (QED) is 0.847. The predicted octanol–water partition coefficient (Wildman–Crippen LogP) is 2.20. The minimum atomic E-state index is -0.171. The molecule has 15 heavy (non-hydrogen) atoms. The van der Waals surface area contributed by atoms with Crippen molar-refractivity contribution in [3.8, 4) is 0 Å². The molecule has 0 unspecified atom stereocenters. The lowest BCUT2D eigenvalue weighted by molar-refractivity contribution is 0.873. The molecule has 0 aliphatic carbocycles. The van der Waals surface area contributed by atoms with Crippen molar-refractivity contribution in [2.45, 2.75) is 6.04 Å². The summed E-state index contributed by atoms with van der Waals surface area (Å²) >= 11 is 1.63. The van der Waals surface area contributed by atoms with Crippen LogP contribution in [0.25, 0.3) is 0 Å². The molecule has 4 N–H and O–H groups in total. The topological polar surface area (TPSA) is 64.9 Å². The van der Waals surface area contributed by atoms with Gasteiger partial charge in [-0.05, 0) is 28.5 Å². The van der Waals surface area contributed by atoms with Crippen molar-refractivity contribution in [1.29, 1.82) is 0 Å². The van der Waals surface area contributed by atoms with Crippen LogP contribution in [0.15, 0.2) is 35.2 Å². The molecule has 2 heterocycles. The van der Waals surface area contributed by atoms with Gasteiger partial charge in [-0.25, -0.2) is 4.98 Å². The summed E-state index contributed by atoms with van der Waals surface area (Å²) in [4.78, 5) is 4.01. The maximum atomic E-state index is 6.05. The van der Waals surface area contributed by atoms with Gasteiger partial charge in [-0.1, -0.05) is 6.07 Å². The molecule has 0 fully saturated rings. The van der Waals surface area contributed by atoms with Crippen LogP contribution in [0.3, 0.4) is 0 Å². The zero-order valence-corrected chi connectivity index (χ0v) is 9.59. The summed E-state index contributed by atoms with van der Waals surface area (Å²) in [6.07, 6.45) is 1.67. The first-order valence-corrected chi connectivity index (χ1v) is 5.21. The van der Waals surface area contributed by atoms with Crippen LogP contribution in [-0.2, 0) is 0 Å². The van der Waals surface area contributed by atoms with E-state index in [4.69, 9.17) is 11.5 Å². The van der Waals surface area contributed by atoms with Gasteiger partial charge in [0.2, 0.25) is 0 Å². The van der Waals surface area contributed by atoms with Crippen LogP contribution in [0.5, 0.6) is 0 Å². The van der Waals surface area contributed by atoms with Gasteiger partial charge >= 0.3 is 0 Å². The Kier molecular flexibility index (Phi) is 4.08. The maximum Gasteiger partial charge on any atom is 0.128 e. The Morgan fingerprint density at radius 3 is 2.73 bits per heavy atom. The van der Waals surface area contributed by atoms with E-state index < -0.39 is 0 Å². The molecule has 0 aliphatic heterocycles. The summed E-state index contributed by atoms with van der Waals surface area (Å²) in [7, 11) is 0. The van der Waals surface area contributed by atoms with Crippen molar-refractivity contribution in [2.75, 3.05) is 5.73 Å². The number of rotatable bonds is 2. The van der Waals surface area contributed by atoms with Gasteiger partial charge in [0.05, 0.1) is 6.04 Å². The molecule has 0 bridgehead atoms. The van der Waals surface area contributed by atoms with Gasteiger partial charge in [-0.3, -0.25) is 0 Å². The van der Waals surface area contributed by atoms with E-state index in [1.165, 1.54) is 0 Å². The van der Waals surface area contributed by atoms with Crippen LogP contribution < -0.4 is 11.5 Å². The molecular weight excluding hydrogens is 230 g/mol. The monoisotopic (exact) mass is 241 g/mol. The highest BCUT2D eigenvalue weighted by Gasteiger charge is 2.11. The lowest BCUT2D eigenvalue weighted by atomic mass is 10.0. The highest BCUT2D eigenvalue weighted by Crippen LogP contribution is 2.24. The molecular formula is C10H12ClN3S. The maximum absolute atomic E-state index is 6.05. The molecule has 0 amide bonds. The predicted molar refractivity (Wildman–Crippen MR) is 66.2 cm³/mol. The molecule has 2 aromatic rings. The second kappa shape index (κ2) is 5.11. The van der Waals surface area contributed by atoms with Crippen LogP contribution >= 0.6 is 23.7 Å². The third kappa shape index (κ3) is 2.47. The Hall–Kier alpha value is -1.10. The van der Waals surface area contributed by atoms with E-state index in [1.54, 1.807) is 17.5 Å². The standard InChI is InChI=1S/C10H11N3S.ClH/c11-9(7-3-5-14-6-7)8-2-1-4-13-10(8)12;/h1-6,9H,11H2,(H2,12,13);1H/t9-;/m1./s1. The normalized spacial score (nSPS) is 11.8. The van der Waals surface area contributed by atoms with Crippen molar-refractivity contribution in [3.63, 3.8) is 0 Å². The van der Waals surface area contributed by atoms with Crippen LogP contribution in [0.4, 0.5) is 5.82 Å². The summed E-state index contributed by atoms with van der Waals surface area (Å²) in [5.74, 6) is 0.506. The van der Waals surface area contributed by atoms with E-state index in [-0.39, 0.29) is 18.4 Å². The Bertz CT molecular complexity index is 416. The molecule has 1 atom stereocenters. The molecule has 0 saturated heterocycles. The lowest BCUT2D eigenvalue weighted by Gasteiger charge is -2.11. The van der Waals surface area contributed by atoms with Gasteiger partial charge in [-0.15, -0.1) is 12.4 Å². The average Bonchev–Trinajstić information content (AvgIpc) is 2.70. The lowest BCUT2D eigenvalue weighted by Crippen LogP contribution is -2.13. The van der Waals surface area contributed by atoms with Gasteiger partial charge in [0, 0.05) is 11.8 Å². The zero-order valence-electron chi connectivity index (χ0n) is 7.96. The summed E-state index contributed by atoms with van der Waals surface area (Å²) in [6.45, 7) is 0. The van der Waals surface area contributed by atoms with Gasteiger partial charge in [0.1, 0.15) is 5.82 Å². The van der Waals surface area contributed by atoms with Gasteiger partial charge in [-0.2, -0.15) is 11.3 Å². The zero-order chi connectivity index (χ0) is 9.97. The highest BCUT2D eigenvalue weighted by atomic mass is 35.5. The molecule has 0 saturated carbocycles. The summed E-state index contributed by atoms with van der Waals surface area (Å²) in [5, 5.41) is 4.03. The Balaban J connectivity index is 0.00000112. The third-order valence-electron chi connectivity index (χ3n) is 2.11. The first-order valence-electron chi connectivity index (χ1n) is 4.27. The number of halogens is 1. The number of nitrogen functional groups attached to an aromatic ring is 1. The van der Waals surface area contributed by atoms with E-state index in [9.17, 15) is 0 Å². The molecule has 0 spiro atoms. The van der Waals surface area contributed by atoms with Gasteiger partial charge in [0.15, 0.2) is 0 Å². The number of thiophene rings is 1. The highest BCUT2D eigenvalue weighted by molar-refractivity contribution is 7.08. The van der Waals surface area contributed by atoms with Crippen molar-refractivity contribution in [1.82, 2.24) is 4.98 Å². The van der Waals surface area contributed by atoms with E-state index in [2.05, 4.69) is 4.98 Å². The van der Waals surface area contributed by atoms with Crippen LogP contribution in [0.2, 0.25) is 0 Å². The van der Waals surface area contributed by atoms with E-state index >= 15 is 0 Å². The first kappa shape index (κ1) is 12.0. The first-order chi connectivity index (χ1) is 6.79. The van der Waals surface area contributed by atoms with Crippen LogP contribution in [0.1, 0.15) is 17.2 Å². The second-order valence-corrected chi connectivity index (χ2v) is 3.79. The average molecular weight is 242 g/mol. The number of aromatic nitrogens is 1. The number of hydrogen-bond donors (Lipinski definition) is 2. The molecule has 0 radical (unpaired) electrons. The summed E-state index contributed by atoms with van der Waals surface area (Å²) in [6, 6.07) is 5.58. The fourth-order valence-corrected chi connectivity index (χ4v) is 2.02. The van der Waals surface area contributed by atoms with Crippen molar-refractivity contribution >= 4 is 29.6 Å². The van der Waals surface area contributed by atoms with E-state index in [0.717, 1.165) is 11.1 Å². The number of pyridine rings is 1. The molecule has 5 heteroatoms. The molecule has 0 aliphatic rings. The summed E-state index contributed by atoms with van der Waals surface area (Å²) in [5.41, 5.74) is 13.7. The van der Waals surface area contributed by atoms with Crippen LogP contribution in [0, 0.1) is 0 Å². The molecule has 2 aromatic heterocycles. The second-order valence-electron chi connectivity index (χ2n) is 3.01. The molecule has 80 valence electrons. The Morgan fingerprint density at radius 1 is 1.33 bits per heavy atom. The Labute approximate surface area is 98.5 Å². The fourth-order valence-electron chi connectivity index (χ4n) is 1.32. The van der Waals surface area contributed by atoms with E-state index in [1.807, 2.05) is 29.0 Å². The Morgan fingerprint density at radius 2 is 2.13 bits per heavy atom. The minimum absolute atomic E-state index is 0. The minimum Gasteiger partial charge on any atom is -0.383 e. The molecule has 3 nitrogen and oxygen atoms in total. The smallest absolute Gasteiger partial charge is 0.128 e. The van der Waals surface area contributed by atoms with Crippen LogP contribution in [-0.4, -0.2) is 4.98 Å². The summed E-state index contributed by atoms with van der Waals surface area (Å²) < 4.78 is 0.